The van der Waals surface area contributed by atoms with Gasteiger partial charge in [0.1, 0.15) is 8.07 Å². The minimum Gasteiger partial charge on any atom is -0.413 e. The second-order valence-corrected chi connectivity index (χ2v) is 19.7. The molecule has 0 N–H and O–H groups in total. The highest BCUT2D eigenvalue weighted by Crippen LogP contribution is 2.38. The van der Waals surface area contributed by atoms with Gasteiger partial charge in [-0.05, 0) is 37.4 Å². The number of unbranched alkanes of at least 4 members (excludes halogenated alkanes) is 6. The van der Waals surface area contributed by atoms with Crippen LogP contribution in [-0.2, 0) is 4.43 Å². The molecule has 0 radical (unpaired) electrons. The Morgan fingerprint density at radius 3 is 1.96 bits per heavy atom. The van der Waals surface area contributed by atoms with Gasteiger partial charge in [0.2, 0.25) is 0 Å². The molecule has 152 valence electrons. The van der Waals surface area contributed by atoms with Gasteiger partial charge in [-0.25, -0.2) is 0 Å². The molecule has 0 heterocycles. The van der Waals surface area contributed by atoms with Gasteiger partial charge in [-0.1, -0.05) is 78.6 Å². The van der Waals surface area contributed by atoms with E-state index >= 15 is 0 Å². The van der Waals surface area contributed by atoms with E-state index in [0.717, 1.165) is 12.8 Å². The Balaban J connectivity index is 4.50. The summed E-state index contributed by atoms with van der Waals surface area (Å²) in [7, 11) is -3.01. The van der Waals surface area contributed by atoms with Crippen LogP contribution in [0.4, 0.5) is 0 Å². The van der Waals surface area contributed by atoms with Crippen LogP contribution in [-0.4, -0.2) is 22.5 Å². The topological polar surface area (TPSA) is 9.23 Å². The Bertz CT molecular complexity index is 444. The molecule has 0 aromatic rings. The molecule has 0 aromatic heterocycles. The first-order valence-corrected chi connectivity index (χ1v) is 17.1. The standard InChI is InChI=1S/C23H46OSi2/c1-10-11-12-13-14-15-16-17-19-22(20-18-21-25(5,6)7)24-26(8,9)23(2,3)4/h10,22H,1,11-17,19-20H2,2-9H3/t22-/m1/s1. The van der Waals surface area contributed by atoms with Gasteiger partial charge in [0.15, 0.2) is 8.32 Å². The quantitative estimate of drug-likeness (QED) is 0.141. The molecule has 0 spiro atoms. The fourth-order valence-corrected chi connectivity index (χ4v) is 4.61. The number of hydrogen-bond donors (Lipinski definition) is 0. The summed E-state index contributed by atoms with van der Waals surface area (Å²) in [5, 5.41) is 0.266. The molecule has 0 rings (SSSR count). The highest BCUT2D eigenvalue weighted by atomic mass is 28.4. The summed E-state index contributed by atoms with van der Waals surface area (Å²) in [5.74, 6) is 3.47. The minimum absolute atomic E-state index is 0.266. The van der Waals surface area contributed by atoms with E-state index in [-0.39, 0.29) is 5.04 Å². The fourth-order valence-electron chi connectivity index (χ4n) is 2.59. The lowest BCUT2D eigenvalue weighted by Gasteiger charge is -2.39. The zero-order valence-electron chi connectivity index (χ0n) is 19.1. The van der Waals surface area contributed by atoms with Gasteiger partial charge in [-0.3, -0.25) is 0 Å². The van der Waals surface area contributed by atoms with Gasteiger partial charge in [-0.15, -0.1) is 18.0 Å². The predicted octanol–water partition coefficient (Wildman–Crippen LogP) is 7.95. The van der Waals surface area contributed by atoms with Crippen molar-refractivity contribution in [3.63, 3.8) is 0 Å². The van der Waals surface area contributed by atoms with Gasteiger partial charge in [0, 0.05) is 6.42 Å². The van der Waals surface area contributed by atoms with E-state index in [2.05, 4.69) is 71.5 Å². The van der Waals surface area contributed by atoms with Gasteiger partial charge < -0.3 is 4.43 Å². The summed E-state index contributed by atoms with van der Waals surface area (Å²) < 4.78 is 6.72. The third kappa shape index (κ3) is 13.0. The van der Waals surface area contributed by atoms with Gasteiger partial charge in [-0.2, -0.15) is 0 Å². The summed E-state index contributed by atoms with van der Waals surface area (Å²) in [6.45, 7) is 22.5. The Hall–Kier alpha value is -0.306. The maximum absolute atomic E-state index is 6.72. The third-order valence-corrected chi connectivity index (χ3v) is 10.7. The van der Waals surface area contributed by atoms with Gasteiger partial charge >= 0.3 is 0 Å². The van der Waals surface area contributed by atoms with Crippen molar-refractivity contribution in [2.45, 2.75) is 122 Å². The molecule has 1 nitrogen and oxygen atoms in total. The van der Waals surface area contributed by atoms with Crippen molar-refractivity contribution < 1.29 is 4.43 Å². The molecule has 0 bridgehead atoms. The van der Waals surface area contributed by atoms with Crippen molar-refractivity contribution in [3.8, 4) is 11.5 Å². The van der Waals surface area contributed by atoms with Crippen LogP contribution < -0.4 is 0 Å². The maximum atomic E-state index is 6.72. The Morgan fingerprint density at radius 1 is 0.923 bits per heavy atom. The zero-order valence-corrected chi connectivity index (χ0v) is 21.1. The zero-order chi connectivity index (χ0) is 20.3. The van der Waals surface area contributed by atoms with E-state index in [4.69, 9.17) is 4.43 Å². The molecule has 0 saturated heterocycles. The molecule has 26 heavy (non-hydrogen) atoms. The summed E-state index contributed by atoms with van der Waals surface area (Å²) in [4.78, 5) is 0. The van der Waals surface area contributed by atoms with Crippen LogP contribution in [0.1, 0.15) is 78.6 Å². The highest BCUT2D eigenvalue weighted by molar-refractivity contribution is 6.83. The predicted molar refractivity (Wildman–Crippen MR) is 125 cm³/mol. The van der Waals surface area contributed by atoms with Crippen LogP contribution in [0.3, 0.4) is 0 Å². The molecular formula is C23H46OSi2. The number of hydrogen-bond acceptors (Lipinski definition) is 1. The van der Waals surface area contributed by atoms with Crippen LogP contribution >= 0.6 is 0 Å². The van der Waals surface area contributed by atoms with Crippen LogP contribution in [0, 0.1) is 11.5 Å². The molecule has 0 saturated carbocycles. The molecular weight excluding hydrogens is 348 g/mol. The Morgan fingerprint density at radius 2 is 1.46 bits per heavy atom. The smallest absolute Gasteiger partial charge is 0.192 e. The molecule has 0 aromatic carbocycles. The van der Waals surface area contributed by atoms with Crippen molar-refractivity contribution in [3.05, 3.63) is 12.7 Å². The monoisotopic (exact) mass is 394 g/mol. The lowest BCUT2D eigenvalue weighted by molar-refractivity contribution is 0.172. The van der Waals surface area contributed by atoms with Crippen LogP contribution in [0.5, 0.6) is 0 Å². The largest absolute Gasteiger partial charge is 0.413 e. The first-order valence-electron chi connectivity index (χ1n) is 10.7. The van der Waals surface area contributed by atoms with Crippen molar-refractivity contribution in [1.82, 2.24) is 0 Å². The second-order valence-electron chi connectivity index (χ2n) is 10.2. The lowest BCUT2D eigenvalue weighted by Crippen LogP contribution is -2.43. The molecule has 0 amide bonds. The average Bonchev–Trinajstić information content (AvgIpc) is 2.47. The number of rotatable bonds is 12. The lowest BCUT2D eigenvalue weighted by atomic mass is 10.1. The van der Waals surface area contributed by atoms with Crippen molar-refractivity contribution in [2.75, 3.05) is 0 Å². The van der Waals surface area contributed by atoms with Crippen LogP contribution in [0.25, 0.3) is 0 Å². The molecule has 0 aliphatic heterocycles. The van der Waals surface area contributed by atoms with E-state index in [9.17, 15) is 0 Å². The van der Waals surface area contributed by atoms with Gasteiger partial charge in [0.25, 0.3) is 0 Å². The average molecular weight is 395 g/mol. The first-order chi connectivity index (χ1) is 11.9. The highest BCUT2D eigenvalue weighted by Gasteiger charge is 2.38. The van der Waals surface area contributed by atoms with E-state index in [0.29, 0.717) is 6.10 Å². The first kappa shape index (κ1) is 25.7. The molecule has 0 unspecified atom stereocenters. The van der Waals surface area contributed by atoms with Crippen LogP contribution in [0.15, 0.2) is 12.7 Å². The Kier molecular flexibility index (Phi) is 12.1. The third-order valence-electron chi connectivity index (χ3n) is 5.24. The van der Waals surface area contributed by atoms with Gasteiger partial charge in [0.05, 0.1) is 6.10 Å². The second kappa shape index (κ2) is 12.2. The SMILES string of the molecule is C=CCCCCCCCC[C@H](CC#C[Si](C)(C)C)O[Si](C)(C)C(C)(C)C. The fraction of sp³-hybridized carbons (Fsp3) is 0.826. The molecule has 0 aliphatic carbocycles. The van der Waals surface area contributed by atoms with E-state index in [1.165, 1.54) is 44.9 Å². The molecule has 1 atom stereocenters. The van der Waals surface area contributed by atoms with Crippen molar-refractivity contribution >= 4 is 16.4 Å². The summed E-state index contributed by atoms with van der Waals surface area (Å²) in [6.07, 6.45) is 13.5. The molecule has 3 heteroatoms. The van der Waals surface area contributed by atoms with E-state index in [1.54, 1.807) is 0 Å². The summed E-state index contributed by atoms with van der Waals surface area (Å²) in [5.41, 5.74) is 3.52. The molecule has 0 aliphatic rings. The number of allylic oxidation sites excluding steroid dienone is 1. The van der Waals surface area contributed by atoms with Crippen LogP contribution in [0.2, 0.25) is 37.8 Å². The van der Waals surface area contributed by atoms with E-state index in [1.807, 2.05) is 6.08 Å². The van der Waals surface area contributed by atoms with Crippen molar-refractivity contribution in [2.24, 2.45) is 0 Å². The van der Waals surface area contributed by atoms with E-state index < -0.39 is 16.4 Å². The normalized spacial score (nSPS) is 13.8. The summed E-state index contributed by atoms with van der Waals surface area (Å²) >= 11 is 0. The molecule has 0 fully saturated rings. The summed E-state index contributed by atoms with van der Waals surface area (Å²) in [6, 6.07) is 0. The Labute approximate surface area is 167 Å². The minimum atomic E-state index is -1.72. The maximum Gasteiger partial charge on any atom is 0.192 e. The van der Waals surface area contributed by atoms with Crippen molar-refractivity contribution in [1.29, 1.82) is 0 Å².